The van der Waals surface area contributed by atoms with E-state index in [-0.39, 0.29) is 67.8 Å². The molecule has 0 heterocycles. The van der Waals surface area contributed by atoms with Crippen molar-refractivity contribution in [2.45, 2.75) is 12.2 Å². The molecule has 0 saturated heterocycles. The molecule has 14 heavy (non-hydrogen) atoms. The predicted molar refractivity (Wildman–Crippen MR) is 45.3 cm³/mol. The van der Waals surface area contributed by atoms with Crippen LogP contribution in [0.15, 0.2) is 0 Å². The van der Waals surface area contributed by atoms with E-state index in [1.54, 1.807) is 0 Å². The van der Waals surface area contributed by atoms with Crippen LogP contribution in [0, 0.1) is 0 Å². The number of aliphatic hydroxyl groups excluding tert-OH is 2. The Morgan fingerprint density at radius 2 is 0.929 bits per heavy atom. The first-order chi connectivity index (χ1) is 4.46. The number of carbonyl (C=O) groups is 2. The molecule has 0 aliphatic heterocycles. The van der Waals surface area contributed by atoms with Gasteiger partial charge in [-0.1, -0.05) is 0 Å². The quantitative estimate of drug-likeness (QED) is 0.356. The minimum absolute atomic E-state index is 0. The minimum atomic E-state index is -2.27. The Balaban J connectivity index is -0.0000000675. The van der Waals surface area contributed by atoms with E-state index in [0.29, 0.717) is 0 Å². The third-order valence-electron chi connectivity index (χ3n) is 0.805. The number of hydrogen-bond acceptors (Lipinski definition) is 4. The first-order valence-corrected chi connectivity index (χ1v) is 2.28. The van der Waals surface area contributed by atoms with E-state index in [4.69, 9.17) is 20.4 Å². The van der Waals surface area contributed by atoms with E-state index in [2.05, 4.69) is 0 Å². The molecule has 0 saturated carbocycles. The molecule has 2 unspecified atom stereocenters. The van der Waals surface area contributed by atoms with Crippen LogP contribution >= 0.6 is 0 Å². The van der Waals surface area contributed by atoms with Crippen LogP contribution in [0.4, 0.5) is 0 Å². The fraction of sp³-hybridized carbons (Fsp3) is 0.500. The van der Waals surface area contributed by atoms with Crippen LogP contribution in [0.5, 0.6) is 0 Å². The van der Waals surface area contributed by atoms with E-state index < -0.39 is 24.1 Å². The average molecular weight is 244 g/mol. The summed E-state index contributed by atoms with van der Waals surface area (Å²) in [6, 6.07) is 0. The van der Waals surface area contributed by atoms with Gasteiger partial charge in [-0.2, -0.15) is 0 Å². The summed E-state index contributed by atoms with van der Waals surface area (Å²) < 4.78 is 0. The third kappa shape index (κ3) is 10.5. The number of aliphatic hydroxyl groups is 2. The summed E-state index contributed by atoms with van der Waals surface area (Å²) in [5.74, 6) is -3.54. The maximum absolute atomic E-state index is 9.77. The Hall–Kier alpha value is 0.376. The third-order valence-corrected chi connectivity index (χ3v) is 0.805. The van der Waals surface area contributed by atoms with Gasteiger partial charge in [0.15, 0.2) is 12.2 Å². The van der Waals surface area contributed by atoms with Crippen molar-refractivity contribution in [3.05, 3.63) is 0 Å². The zero-order chi connectivity index (χ0) is 8.31. The maximum atomic E-state index is 9.77. The molecule has 0 rings (SSSR count). The van der Waals surface area contributed by atoms with Crippen molar-refractivity contribution in [1.29, 1.82) is 0 Å². The summed E-state index contributed by atoms with van der Waals surface area (Å²) in [6.45, 7) is 0. The standard InChI is InChI=1S/C4H6O6.K.3H2O.H/c5-1(3(7)8)2(6)4(9)10;;;;;/h1-2,5-6H,(H,7,8)(H,9,10);;3*1H2;. The number of carboxylic acids is 2. The van der Waals surface area contributed by atoms with Gasteiger partial charge in [-0.05, 0) is 0 Å². The molecule has 84 valence electrons. The van der Waals surface area contributed by atoms with E-state index in [9.17, 15) is 9.59 Å². The Bertz CT molecular complexity index is 141. The van der Waals surface area contributed by atoms with Gasteiger partial charge >= 0.3 is 63.3 Å². The van der Waals surface area contributed by atoms with Crippen LogP contribution in [0.3, 0.4) is 0 Å². The zero-order valence-corrected chi connectivity index (χ0v) is 6.26. The average Bonchev–Trinajstić information content (AvgIpc) is 1.84. The molecule has 0 bridgehead atoms. The molecule has 0 aromatic rings. The molecule has 2 atom stereocenters. The van der Waals surface area contributed by atoms with Crippen molar-refractivity contribution < 1.29 is 46.4 Å². The topological polar surface area (TPSA) is 210 Å². The molecule has 0 radical (unpaired) electrons. The van der Waals surface area contributed by atoms with Gasteiger partial charge in [0.2, 0.25) is 0 Å². The Morgan fingerprint density at radius 3 is 1.00 bits per heavy atom. The molecule has 0 spiro atoms. The molecule has 10 heteroatoms. The van der Waals surface area contributed by atoms with Crippen LogP contribution in [-0.2, 0) is 9.59 Å². The van der Waals surface area contributed by atoms with Crippen LogP contribution in [-0.4, -0.2) is 112 Å². The summed E-state index contributed by atoms with van der Waals surface area (Å²) in [5.41, 5.74) is 0. The SMILES string of the molecule is O.O.O.O=C(O)C(O)C(O)C(=O)O.[KH]. The van der Waals surface area contributed by atoms with Crippen molar-refractivity contribution in [1.82, 2.24) is 0 Å². The van der Waals surface area contributed by atoms with Crippen LogP contribution in [0.25, 0.3) is 0 Å². The summed E-state index contributed by atoms with van der Waals surface area (Å²) in [4.78, 5) is 19.5. The number of aliphatic carboxylic acids is 2. The molecule has 0 aliphatic carbocycles. The summed E-state index contributed by atoms with van der Waals surface area (Å²) in [7, 11) is 0. The molecule has 9 nitrogen and oxygen atoms in total. The van der Waals surface area contributed by atoms with Gasteiger partial charge in [0.25, 0.3) is 0 Å². The monoisotopic (exact) mass is 244 g/mol. The van der Waals surface area contributed by atoms with Gasteiger partial charge in [-0.15, -0.1) is 0 Å². The summed E-state index contributed by atoms with van der Waals surface area (Å²) in [5, 5.41) is 32.5. The van der Waals surface area contributed by atoms with Crippen molar-refractivity contribution in [3.63, 3.8) is 0 Å². The zero-order valence-electron chi connectivity index (χ0n) is 6.26. The van der Waals surface area contributed by atoms with Gasteiger partial charge in [0.1, 0.15) is 0 Å². The molecular formula is C4H13KO9. The molecular weight excluding hydrogens is 231 g/mol. The van der Waals surface area contributed by atoms with Gasteiger partial charge in [-0.25, -0.2) is 9.59 Å². The number of rotatable bonds is 3. The second-order valence-electron chi connectivity index (χ2n) is 1.57. The molecule has 0 amide bonds. The second-order valence-corrected chi connectivity index (χ2v) is 1.57. The van der Waals surface area contributed by atoms with Gasteiger partial charge in [-0.3, -0.25) is 0 Å². The van der Waals surface area contributed by atoms with Crippen LogP contribution in [0.2, 0.25) is 0 Å². The Morgan fingerprint density at radius 1 is 0.786 bits per heavy atom. The van der Waals surface area contributed by atoms with Gasteiger partial charge in [0.05, 0.1) is 0 Å². The molecule has 0 fully saturated rings. The normalized spacial score (nSPS) is 11.3. The van der Waals surface area contributed by atoms with Crippen molar-refractivity contribution in [3.8, 4) is 0 Å². The van der Waals surface area contributed by atoms with Crippen molar-refractivity contribution >= 4 is 63.3 Å². The second kappa shape index (κ2) is 13.4. The van der Waals surface area contributed by atoms with E-state index >= 15 is 0 Å². The van der Waals surface area contributed by atoms with Gasteiger partial charge in [0, 0.05) is 0 Å². The first-order valence-electron chi connectivity index (χ1n) is 2.28. The van der Waals surface area contributed by atoms with E-state index in [1.807, 2.05) is 0 Å². The molecule has 0 aromatic heterocycles. The van der Waals surface area contributed by atoms with Gasteiger partial charge < -0.3 is 36.9 Å². The van der Waals surface area contributed by atoms with E-state index in [1.165, 1.54) is 0 Å². The van der Waals surface area contributed by atoms with Crippen molar-refractivity contribution in [2.24, 2.45) is 0 Å². The van der Waals surface area contributed by atoms with Crippen molar-refractivity contribution in [2.75, 3.05) is 0 Å². The Labute approximate surface area is 121 Å². The van der Waals surface area contributed by atoms with E-state index in [0.717, 1.165) is 0 Å². The number of carboxylic acid groups (broad SMARTS) is 2. The number of hydrogen-bond donors (Lipinski definition) is 4. The molecule has 0 aromatic carbocycles. The molecule has 0 aliphatic rings. The molecule has 10 N–H and O–H groups in total. The fourth-order valence-electron chi connectivity index (χ4n) is 0.270. The Kier molecular flexibility index (Phi) is 28.0. The first kappa shape index (κ1) is 29.3. The summed E-state index contributed by atoms with van der Waals surface area (Å²) >= 11 is 0. The van der Waals surface area contributed by atoms with Crippen LogP contribution in [0.1, 0.15) is 0 Å². The van der Waals surface area contributed by atoms with Crippen LogP contribution < -0.4 is 0 Å². The summed E-state index contributed by atoms with van der Waals surface area (Å²) in [6.07, 6.45) is -4.53. The predicted octanol–water partition coefficient (Wildman–Crippen LogP) is -5.25. The fourth-order valence-corrected chi connectivity index (χ4v) is 0.270.